The summed E-state index contributed by atoms with van der Waals surface area (Å²) in [7, 11) is -0.915. The van der Waals surface area contributed by atoms with Gasteiger partial charge in [0.2, 0.25) is 0 Å². The predicted molar refractivity (Wildman–Crippen MR) is 222 cm³/mol. The molecule has 6 unspecified atom stereocenters. The number of thioether (sulfide) groups is 4. The molecule has 0 fully saturated rings. The molecule has 0 aliphatic rings. The maximum Gasteiger partial charge on any atom is 0.345 e. The highest BCUT2D eigenvalue weighted by molar-refractivity contribution is 7.99. The zero-order chi connectivity index (χ0) is 44.1. The number of halogens is 1. The molecule has 55 heavy (non-hydrogen) atoms. The van der Waals surface area contributed by atoms with E-state index < -0.39 is 76.4 Å². The molecule has 0 saturated carbocycles. The third-order valence-corrected chi connectivity index (χ3v) is 9.32. The summed E-state index contributed by atoms with van der Waals surface area (Å²) in [6.45, 7) is 6.53. The van der Waals surface area contributed by atoms with Gasteiger partial charge in [-0.1, -0.05) is 0 Å². The van der Waals surface area contributed by atoms with Gasteiger partial charge in [-0.2, -0.15) is 47.0 Å². The van der Waals surface area contributed by atoms with Crippen molar-refractivity contribution < 1.29 is 77.2 Å². The van der Waals surface area contributed by atoms with Crippen molar-refractivity contribution in [1.29, 1.82) is 0 Å². The van der Waals surface area contributed by atoms with Crippen LogP contribution >= 0.6 is 58.6 Å². The number of carboxylic acid groups (broad SMARTS) is 2. The fourth-order valence-corrected chi connectivity index (χ4v) is 5.42. The molecule has 0 saturated heterocycles. The second-order valence-electron chi connectivity index (χ2n) is 10.7. The van der Waals surface area contributed by atoms with Crippen molar-refractivity contribution in [3.63, 3.8) is 0 Å². The van der Waals surface area contributed by atoms with E-state index in [0.29, 0.717) is 49.4 Å². The molecule has 0 spiro atoms. The Bertz CT molecular complexity index is 1050. The minimum Gasteiger partial charge on any atom is -0.479 e. The molecule has 0 heterocycles. The second-order valence-corrected chi connectivity index (χ2v) is 16.6. The van der Waals surface area contributed by atoms with E-state index in [4.69, 9.17) is 36.8 Å². The van der Waals surface area contributed by atoms with Crippen LogP contribution in [0.3, 0.4) is 0 Å². The van der Waals surface area contributed by atoms with E-state index in [0.717, 1.165) is 11.5 Å². The van der Waals surface area contributed by atoms with Gasteiger partial charge in [0.1, 0.15) is 6.10 Å². The number of esters is 3. The number of Topliss-reactive ketones (excluding diaryl/α,β-unsaturated/α-hetero) is 2. The van der Waals surface area contributed by atoms with Crippen LogP contribution in [0, 0.1) is 0 Å². The second kappa shape index (κ2) is 41.7. The lowest BCUT2D eigenvalue weighted by molar-refractivity contribution is -0.162. The quantitative estimate of drug-likeness (QED) is 0.0651. The lowest BCUT2D eigenvalue weighted by Gasteiger charge is -2.12. The number of ether oxygens (including phenoxy) is 3. The number of carbonyl (C=O) groups excluding carboxylic acids is 6. The Morgan fingerprint density at radius 3 is 1.18 bits per heavy atom. The number of aliphatic carboxylic acids is 2. The highest BCUT2D eigenvalue weighted by atomic mass is 35.5. The van der Waals surface area contributed by atoms with Gasteiger partial charge in [0, 0.05) is 62.8 Å². The number of ketones is 2. The Balaban J connectivity index is -0.000000190. The zero-order valence-electron chi connectivity index (χ0n) is 33.1. The van der Waals surface area contributed by atoms with Crippen LogP contribution in [0.1, 0.15) is 66.7 Å². The summed E-state index contributed by atoms with van der Waals surface area (Å²) in [4.78, 5) is 83.8. The summed E-state index contributed by atoms with van der Waals surface area (Å²) < 4.78 is 24.5. The van der Waals surface area contributed by atoms with Crippen LogP contribution in [0.2, 0.25) is 0 Å². The van der Waals surface area contributed by atoms with Crippen molar-refractivity contribution in [3.05, 3.63) is 0 Å². The van der Waals surface area contributed by atoms with Crippen LogP contribution in [0.4, 0.5) is 0 Å². The monoisotopic (exact) mass is 906 g/mol. The van der Waals surface area contributed by atoms with E-state index in [1.54, 1.807) is 29.8 Å². The molecule has 0 rings (SSSR count). The molecule has 0 aromatic rings. The van der Waals surface area contributed by atoms with Gasteiger partial charge in [-0.25, -0.2) is 9.59 Å². The van der Waals surface area contributed by atoms with Crippen LogP contribution < -0.4 is 0 Å². The minimum atomic E-state index is -1.18. The van der Waals surface area contributed by atoms with E-state index in [9.17, 15) is 42.6 Å². The van der Waals surface area contributed by atoms with Gasteiger partial charge in [-0.05, 0) is 86.3 Å². The van der Waals surface area contributed by atoms with Crippen LogP contribution in [0.5, 0.6) is 0 Å². The van der Waals surface area contributed by atoms with Crippen molar-refractivity contribution in [1.82, 2.24) is 0 Å². The smallest absolute Gasteiger partial charge is 0.345 e. The van der Waals surface area contributed by atoms with Crippen LogP contribution in [-0.2, 0) is 63.4 Å². The third kappa shape index (κ3) is 50.1. The van der Waals surface area contributed by atoms with E-state index in [1.165, 1.54) is 58.1 Å². The van der Waals surface area contributed by atoms with Crippen molar-refractivity contribution in [2.45, 2.75) is 97.2 Å². The fraction of sp³-hybridized carbons (Fsp3) is 0.758. The Hall–Kier alpha value is -1.88. The maximum absolute atomic E-state index is 10.9. The van der Waals surface area contributed by atoms with Gasteiger partial charge < -0.3 is 34.6 Å². The number of rotatable bonds is 23. The summed E-state index contributed by atoms with van der Waals surface area (Å²) >= 11 is 11.4. The molecule has 16 nitrogen and oxygen atoms in total. The Morgan fingerprint density at radius 1 is 0.545 bits per heavy atom. The minimum absolute atomic E-state index is 0.0840. The zero-order valence-corrected chi connectivity index (χ0v) is 37.9. The first-order valence-electron chi connectivity index (χ1n) is 16.2. The summed E-state index contributed by atoms with van der Waals surface area (Å²) in [5.41, 5.74) is 0. The molecule has 22 heteroatoms. The van der Waals surface area contributed by atoms with E-state index >= 15 is 0 Å². The van der Waals surface area contributed by atoms with Gasteiger partial charge in [-0.15, -0.1) is 0 Å². The van der Waals surface area contributed by atoms with Crippen LogP contribution in [0.25, 0.3) is 0 Å². The molecule has 0 amide bonds. The molecular weight excluding hydrogens is 848 g/mol. The lowest BCUT2D eigenvalue weighted by Crippen LogP contribution is -2.26. The van der Waals surface area contributed by atoms with Crippen molar-refractivity contribution in [2.75, 3.05) is 60.0 Å². The first-order valence-corrected chi connectivity index (χ1v) is 23.9. The van der Waals surface area contributed by atoms with Crippen molar-refractivity contribution in [2.24, 2.45) is 0 Å². The van der Waals surface area contributed by atoms with Crippen LogP contribution in [0.15, 0.2) is 0 Å². The topological polar surface area (TPSA) is 262 Å². The molecule has 0 radical (unpaired) electrons. The number of aliphatic hydroxyl groups is 2. The number of hydrogen-bond acceptors (Lipinski definition) is 18. The van der Waals surface area contributed by atoms with E-state index in [1.807, 2.05) is 25.0 Å². The van der Waals surface area contributed by atoms with Crippen molar-refractivity contribution in [3.8, 4) is 0 Å². The van der Waals surface area contributed by atoms with E-state index in [-0.39, 0.29) is 11.6 Å². The maximum atomic E-state index is 10.9. The third-order valence-electron chi connectivity index (χ3n) is 5.69. The fourth-order valence-electron chi connectivity index (χ4n) is 2.91. The van der Waals surface area contributed by atoms with Gasteiger partial charge in [0.15, 0.2) is 36.0 Å². The summed E-state index contributed by atoms with van der Waals surface area (Å²) in [5.74, 6) is -0.658. The van der Waals surface area contributed by atoms with E-state index in [2.05, 4.69) is 9.47 Å². The Morgan fingerprint density at radius 2 is 0.891 bits per heavy atom. The molecule has 0 aromatic heterocycles. The Kier molecular flexibility index (Phi) is 47.3. The molecular formula is C33H59ClO16S5. The molecule has 0 aromatic carbocycles. The number of aliphatic hydroxyl groups excluding tert-OH is 2. The highest BCUT2D eigenvalue weighted by Gasteiger charge is 2.20. The Labute approximate surface area is 348 Å². The summed E-state index contributed by atoms with van der Waals surface area (Å²) in [6.07, 6.45) is 6.79. The summed E-state index contributed by atoms with van der Waals surface area (Å²) in [5, 5.41) is 33.6. The molecule has 0 bridgehead atoms. The van der Waals surface area contributed by atoms with Gasteiger partial charge in [0.25, 0.3) is 5.24 Å². The lowest BCUT2D eigenvalue weighted by atomic mass is 10.2. The molecule has 324 valence electrons. The average Bonchev–Trinajstić information content (AvgIpc) is 3.08. The van der Waals surface area contributed by atoms with Gasteiger partial charge in [0.05, 0.1) is 0 Å². The molecule has 6 atom stereocenters. The van der Waals surface area contributed by atoms with Gasteiger partial charge >= 0.3 is 29.8 Å². The molecule has 4 N–H and O–H groups in total. The standard InChI is InChI=1S/C8H14O3S.C7H11ClO3S.C7H12O4S.C6H12O3S.C5H10O3S/c1-6(9)8(4-5-12-3)11-7(2)10;1-5(9)11-6(7(8)10)3-4-12-2;1-5(8)11-6(7(9)10)3-4-12-2;1-5(7)6(8)3-4-10(2)9;1-9-3-2-4(6)5(7)8/h8H,4-5H2,1-3H3;6H,3-4H2,1-2H3;6H,3-4H2,1-2H3,(H,9,10);6,8H,3-4H2,1-2H3;4,6H,2-3H2,1H3,(H,7,8). The number of carbonyl (C=O) groups is 8. The number of carboxylic acids is 2. The molecule has 0 aliphatic heterocycles. The first kappa shape index (κ1) is 62.3. The van der Waals surface area contributed by atoms with Gasteiger partial charge in [-0.3, -0.25) is 33.0 Å². The van der Waals surface area contributed by atoms with Crippen LogP contribution in [-0.4, -0.2) is 162 Å². The van der Waals surface area contributed by atoms with Crippen molar-refractivity contribution >= 4 is 116 Å². The SMILES string of the molecule is CC(=O)C(O)CCS(C)=O.CSCCC(O)C(=O)O.CSCCC(OC(C)=O)C(=O)Cl.CSCCC(OC(C)=O)C(=O)O.CSCCC(OC(C)=O)C(C)=O. The number of hydrogen-bond donors (Lipinski definition) is 4. The summed E-state index contributed by atoms with van der Waals surface area (Å²) in [6, 6.07) is 0. The average molecular weight is 908 g/mol. The predicted octanol–water partition coefficient (Wildman–Crippen LogP) is 3.34. The highest BCUT2D eigenvalue weighted by Crippen LogP contribution is 2.08. The molecule has 0 aliphatic carbocycles. The normalized spacial score (nSPS) is 13.1. The first-order chi connectivity index (χ1) is 25.4. The largest absolute Gasteiger partial charge is 0.479 e.